The minimum Gasteiger partial charge on any atom is -0.497 e. The average molecular weight is 277 g/mol. The highest BCUT2D eigenvalue weighted by Gasteiger charge is 2.10. The van der Waals surface area contributed by atoms with E-state index < -0.39 is 10.0 Å². The van der Waals surface area contributed by atoms with Crippen LogP contribution in [0.2, 0.25) is 0 Å². The molecule has 0 heterocycles. The summed E-state index contributed by atoms with van der Waals surface area (Å²) in [6.07, 6.45) is 0. The van der Waals surface area contributed by atoms with Crippen molar-refractivity contribution in [3.63, 3.8) is 0 Å². The van der Waals surface area contributed by atoms with Crippen LogP contribution in [0.3, 0.4) is 0 Å². The lowest BCUT2D eigenvalue weighted by Crippen LogP contribution is -2.18. The highest BCUT2D eigenvalue weighted by molar-refractivity contribution is 7.89. The predicted molar refractivity (Wildman–Crippen MR) is 74.7 cm³/mol. The number of methoxy groups -OCH3 is 1. The van der Waals surface area contributed by atoms with Crippen molar-refractivity contribution in [1.82, 2.24) is 4.72 Å². The van der Waals surface area contributed by atoms with E-state index in [1.165, 1.54) is 7.05 Å². The molecule has 2 rings (SSSR count). The van der Waals surface area contributed by atoms with Gasteiger partial charge in [0.05, 0.1) is 12.0 Å². The van der Waals surface area contributed by atoms with Gasteiger partial charge in [-0.3, -0.25) is 0 Å². The van der Waals surface area contributed by atoms with Crippen LogP contribution in [0.4, 0.5) is 0 Å². The second kappa shape index (κ2) is 5.42. The van der Waals surface area contributed by atoms with Crippen molar-refractivity contribution in [2.75, 3.05) is 14.2 Å². The molecule has 0 fully saturated rings. The number of ether oxygens (including phenoxy) is 1. The summed E-state index contributed by atoms with van der Waals surface area (Å²) in [6, 6.07) is 14.3. The summed E-state index contributed by atoms with van der Waals surface area (Å²) in [5.74, 6) is 0.790. The molecule has 0 aromatic heterocycles. The van der Waals surface area contributed by atoms with E-state index in [-0.39, 0.29) is 4.90 Å². The van der Waals surface area contributed by atoms with Crippen molar-refractivity contribution in [2.45, 2.75) is 4.90 Å². The van der Waals surface area contributed by atoms with Crippen LogP contribution in [-0.2, 0) is 10.0 Å². The molecule has 1 N–H and O–H groups in total. The first-order valence-electron chi connectivity index (χ1n) is 5.75. The fourth-order valence-electron chi connectivity index (χ4n) is 1.73. The molecule has 0 saturated carbocycles. The van der Waals surface area contributed by atoms with Crippen molar-refractivity contribution in [1.29, 1.82) is 0 Å². The zero-order chi connectivity index (χ0) is 13.9. The van der Waals surface area contributed by atoms with E-state index in [4.69, 9.17) is 4.74 Å². The second-order valence-electron chi connectivity index (χ2n) is 3.96. The maximum Gasteiger partial charge on any atom is 0.240 e. The summed E-state index contributed by atoms with van der Waals surface area (Å²) in [5.41, 5.74) is 1.96. The fraction of sp³-hybridized carbons (Fsp3) is 0.143. The number of hydrogen-bond donors (Lipinski definition) is 1. The molecule has 0 radical (unpaired) electrons. The topological polar surface area (TPSA) is 55.4 Å². The third kappa shape index (κ3) is 2.94. The largest absolute Gasteiger partial charge is 0.497 e. The Hall–Kier alpha value is -1.85. The summed E-state index contributed by atoms with van der Waals surface area (Å²) in [7, 11) is -0.365. The van der Waals surface area contributed by atoms with Gasteiger partial charge in [0.1, 0.15) is 5.75 Å². The Kier molecular flexibility index (Phi) is 3.87. The molecule has 0 atom stereocenters. The van der Waals surface area contributed by atoms with Crippen molar-refractivity contribution in [2.24, 2.45) is 0 Å². The molecule has 0 aliphatic carbocycles. The van der Waals surface area contributed by atoms with E-state index in [9.17, 15) is 8.42 Å². The van der Waals surface area contributed by atoms with Crippen LogP contribution in [0.25, 0.3) is 11.1 Å². The third-order valence-corrected chi connectivity index (χ3v) is 4.29. The first kappa shape index (κ1) is 13.6. The van der Waals surface area contributed by atoms with Gasteiger partial charge in [0.25, 0.3) is 0 Å². The summed E-state index contributed by atoms with van der Waals surface area (Å²) >= 11 is 0. The molecular formula is C14H15NO3S. The molecule has 19 heavy (non-hydrogen) atoms. The number of hydrogen-bond acceptors (Lipinski definition) is 3. The minimum absolute atomic E-state index is 0.257. The van der Waals surface area contributed by atoms with E-state index in [0.29, 0.717) is 0 Å². The van der Waals surface area contributed by atoms with Crippen LogP contribution >= 0.6 is 0 Å². The van der Waals surface area contributed by atoms with Crippen molar-refractivity contribution in [3.05, 3.63) is 48.5 Å². The number of rotatable bonds is 4. The van der Waals surface area contributed by atoms with Gasteiger partial charge in [0.15, 0.2) is 0 Å². The lowest BCUT2D eigenvalue weighted by atomic mass is 10.1. The van der Waals surface area contributed by atoms with Gasteiger partial charge >= 0.3 is 0 Å². The van der Waals surface area contributed by atoms with Crippen LogP contribution in [0.15, 0.2) is 53.4 Å². The summed E-state index contributed by atoms with van der Waals surface area (Å²) in [4.78, 5) is 0.257. The minimum atomic E-state index is -3.38. The monoisotopic (exact) mass is 277 g/mol. The first-order valence-corrected chi connectivity index (χ1v) is 7.23. The summed E-state index contributed by atoms with van der Waals surface area (Å²) in [5, 5.41) is 0. The van der Waals surface area contributed by atoms with E-state index in [2.05, 4.69) is 4.72 Å². The highest BCUT2D eigenvalue weighted by atomic mass is 32.2. The molecule has 100 valence electrons. The molecule has 0 aliphatic heterocycles. The van der Waals surface area contributed by atoms with Gasteiger partial charge in [0, 0.05) is 0 Å². The van der Waals surface area contributed by atoms with Crippen molar-refractivity contribution >= 4 is 10.0 Å². The second-order valence-corrected chi connectivity index (χ2v) is 5.85. The molecular weight excluding hydrogens is 262 g/mol. The van der Waals surface area contributed by atoms with E-state index >= 15 is 0 Å². The van der Waals surface area contributed by atoms with Crippen LogP contribution in [0.5, 0.6) is 5.75 Å². The maximum atomic E-state index is 11.6. The molecule has 0 amide bonds. The molecule has 2 aromatic rings. The van der Waals surface area contributed by atoms with Gasteiger partial charge in [-0.25, -0.2) is 13.1 Å². The lowest BCUT2D eigenvalue weighted by molar-refractivity contribution is 0.415. The SMILES string of the molecule is CNS(=O)(=O)c1ccc(-c2ccc(OC)cc2)cc1. The standard InChI is InChI=1S/C14H15NO3S/c1-15-19(16,17)14-9-5-12(6-10-14)11-3-7-13(18-2)8-4-11/h3-10,15H,1-2H3. The zero-order valence-corrected chi connectivity index (χ0v) is 11.6. The Morgan fingerprint density at radius 1 is 0.895 bits per heavy atom. The third-order valence-electron chi connectivity index (χ3n) is 2.86. The highest BCUT2D eigenvalue weighted by Crippen LogP contribution is 2.23. The van der Waals surface area contributed by atoms with Gasteiger partial charge in [-0.2, -0.15) is 0 Å². The molecule has 0 spiro atoms. The lowest BCUT2D eigenvalue weighted by Gasteiger charge is -2.06. The Morgan fingerprint density at radius 3 is 1.79 bits per heavy atom. The first-order chi connectivity index (χ1) is 9.06. The molecule has 0 aliphatic rings. The van der Waals surface area contributed by atoms with Gasteiger partial charge < -0.3 is 4.74 Å². The summed E-state index contributed by atoms with van der Waals surface area (Å²) < 4.78 is 30.6. The average Bonchev–Trinajstić information content (AvgIpc) is 2.47. The van der Waals surface area contributed by atoms with Crippen molar-refractivity contribution in [3.8, 4) is 16.9 Å². The van der Waals surface area contributed by atoms with Crippen LogP contribution in [-0.4, -0.2) is 22.6 Å². The maximum absolute atomic E-state index is 11.6. The van der Waals surface area contributed by atoms with Crippen LogP contribution in [0, 0.1) is 0 Å². The van der Waals surface area contributed by atoms with E-state index in [0.717, 1.165) is 16.9 Å². The van der Waals surface area contributed by atoms with Crippen LogP contribution in [0.1, 0.15) is 0 Å². The molecule has 2 aromatic carbocycles. The predicted octanol–water partition coefficient (Wildman–Crippen LogP) is 2.27. The molecule has 0 unspecified atom stereocenters. The van der Waals surface area contributed by atoms with E-state index in [1.807, 2.05) is 24.3 Å². The molecule has 0 saturated heterocycles. The zero-order valence-electron chi connectivity index (χ0n) is 10.8. The Morgan fingerprint density at radius 2 is 1.37 bits per heavy atom. The molecule has 4 nitrogen and oxygen atoms in total. The Balaban J connectivity index is 2.32. The summed E-state index contributed by atoms with van der Waals surface area (Å²) in [6.45, 7) is 0. The Bertz CT molecular complexity index is 646. The van der Waals surface area contributed by atoms with Crippen LogP contribution < -0.4 is 9.46 Å². The number of nitrogens with one attached hydrogen (secondary N) is 1. The smallest absolute Gasteiger partial charge is 0.240 e. The fourth-order valence-corrected chi connectivity index (χ4v) is 2.46. The normalized spacial score (nSPS) is 11.3. The molecule has 5 heteroatoms. The van der Waals surface area contributed by atoms with E-state index in [1.54, 1.807) is 31.4 Å². The van der Waals surface area contributed by atoms with Gasteiger partial charge in [0.2, 0.25) is 10.0 Å². The van der Waals surface area contributed by atoms with Crippen molar-refractivity contribution < 1.29 is 13.2 Å². The molecule has 0 bridgehead atoms. The Labute approximate surface area is 113 Å². The number of sulfonamides is 1. The van der Waals surface area contributed by atoms with Gasteiger partial charge in [-0.05, 0) is 42.4 Å². The van der Waals surface area contributed by atoms with Gasteiger partial charge in [-0.1, -0.05) is 24.3 Å². The number of benzene rings is 2. The quantitative estimate of drug-likeness (QED) is 0.932. The van der Waals surface area contributed by atoms with Gasteiger partial charge in [-0.15, -0.1) is 0 Å².